The Kier molecular flexibility index (Phi) is 4.52. The van der Waals surface area contributed by atoms with Crippen LogP contribution >= 0.6 is 0 Å². The Morgan fingerprint density at radius 2 is 2.18 bits per heavy atom. The quantitative estimate of drug-likeness (QED) is 0.547. The Hall–Kier alpha value is -2.33. The molecule has 8 nitrogen and oxygen atoms in total. The summed E-state index contributed by atoms with van der Waals surface area (Å²) in [5.74, 6) is -0.765. The van der Waals surface area contributed by atoms with Gasteiger partial charge in [0.1, 0.15) is 6.54 Å². The van der Waals surface area contributed by atoms with Gasteiger partial charge < -0.3 is 16.8 Å². The maximum Gasteiger partial charge on any atom is 0.408 e. The number of aromatic nitrogens is 3. The van der Waals surface area contributed by atoms with Gasteiger partial charge in [-0.25, -0.2) is 4.99 Å². The molecule has 5 N–H and O–H groups in total. The molecule has 22 heavy (non-hydrogen) atoms. The van der Waals surface area contributed by atoms with Crippen LogP contribution in [0, 0.1) is 5.92 Å². The van der Waals surface area contributed by atoms with Crippen LogP contribution in [0.1, 0.15) is 25.3 Å². The van der Waals surface area contributed by atoms with Gasteiger partial charge in [-0.05, 0) is 19.3 Å². The second kappa shape index (κ2) is 6.20. The number of carbonyl (C=O) groups excluding carboxylic acids is 1. The number of nitrogens with two attached hydrogens (primary N) is 2. The van der Waals surface area contributed by atoms with Gasteiger partial charge in [0.2, 0.25) is 5.91 Å². The molecule has 0 saturated heterocycles. The summed E-state index contributed by atoms with van der Waals surface area (Å²) in [6, 6.07) is -0.0682. The van der Waals surface area contributed by atoms with Gasteiger partial charge in [-0.2, -0.15) is 23.1 Å². The molecule has 2 atom stereocenters. The van der Waals surface area contributed by atoms with Crippen molar-refractivity contribution in [1.82, 2.24) is 15.0 Å². The third-order valence-corrected chi connectivity index (χ3v) is 3.33. The number of hydrogen-bond donors (Lipinski definition) is 3. The largest absolute Gasteiger partial charge is 0.408 e. The smallest absolute Gasteiger partial charge is 0.370 e. The van der Waals surface area contributed by atoms with Crippen LogP contribution in [0.25, 0.3) is 0 Å². The van der Waals surface area contributed by atoms with E-state index in [1.807, 2.05) is 0 Å². The van der Waals surface area contributed by atoms with Crippen molar-refractivity contribution in [2.45, 2.75) is 31.5 Å². The maximum atomic E-state index is 12.0. The Morgan fingerprint density at radius 3 is 2.77 bits per heavy atom. The highest BCUT2D eigenvalue weighted by atomic mass is 19.4. The Bertz CT molecular complexity index is 568. The Labute approximate surface area is 123 Å². The van der Waals surface area contributed by atoms with Crippen molar-refractivity contribution in [2.75, 3.05) is 11.9 Å². The Morgan fingerprint density at radius 1 is 1.45 bits per heavy atom. The van der Waals surface area contributed by atoms with Crippen molar-refractivity contribution in [3.63, 3.8) is 0 Å². The molecule has 11 heteroatoms. The van der Waals surface area contributed by atoms with Crippen molar-refractivity contribution < 1.29 is 18.0 Å². The van der Waals surface area contributed by atoms with Gasteiger partial charge in [0.25, 0.3) is 0 Å². The molecule has 1 amide bonds. The number of aliphatic imine (C=N–C) groups is 1. The molecule has 0 bridgehead atoms. The fourth-order valence-electron chi connectivity index (χ4n) is 2.28. The summed E-state index contributed by atoms with van der Waals surface area (Å²) in [4.78, 5) is 15.7. The number of primary amides is 1. The van der Waals surface area contributed by atoms with Gasteiger partial charge in [0.05, 0.1) is 12.2 Å². The molecule has 0 aromatic carbocycles. The summed E-state index contributed by atoms with van der Waals surface area (Å²) >= 11 is 0. The minimum atomic E-state index is -4.42. The third kappa shape index (κ3) is 4.33. The summed E-state index contributed by atoms with van der Waals surface area (Å²) in [6.07, 6.45) is -1.18. The highest BCUT2D eigenvalue weighted by Gasteiger charge is 2.31. The number of alkyl halides is 3. The molecule has 0 spiro atoms. The van der Waals surface area contributed by atoms with E-state index in [0.29, 0.717) is 19.3 Å². The molecular weight excluding hydrogens is 303 g/mol. The molecule has 1 aliphatic carbocycles. The van der Waals surface area contributed by atoms with Crippen LogP contribution in [0.4, 0.5) is 19.0 Å². The van der Waals surface area contributed by atoms with E-state index in [-0.39, 0.29) is 23.7 Å². The molecule has 1 aromatic rings. The highest BCUT2D eigenvalue weighted by Crippen LogP contribution is 2.33. The number of nitrogens with one attached hydrogen (secondary N) is 1. The van der Waals surface area contributed by atoms with E-state index >= 15 is 0 Å². The predicted molar refractivity (Wildman–Crippen MR) is 71.8 cm³/mol. The molecule has 1 aliphatic rings. The minimum absolute atomic E-state index is 0.0682. The van der Waals surface area contributed by atoms with E-state index in [1.54, 1.807) is 0 Å². The van der Waals surface area contributed by atoms with E-state index in [4.69, 9.17) is 11.5 Å². The second-order valence-electron chi connectivity index (χ2n) is 5.06. The molecule has 0 radical (unpaired) electrons. The standard InChI is InChI=1S/C11H16F3N7O/c12-11(13,14)5-17-10(16)19-8-4-18-21(20-8)7-2-1-6(3-7)9(15)22/h4,6-7H,1-3,5H2,(H2,15,22)(H3,16,17,19,20). The van der Waals surface area contributed by atoms with Crippen LogP contribution < -0.4 is 16.8 Å². The fourth-order valence-corrected chi connectivity index (χ4v) is 2.28. The third-order valence-electron chi connectivity index (χ3n) is 3.33. The van der Waals surface area contributed by atoms with Crippen molar-refractivity contribution in [1.29, 1.82) is 0 Å². The van der Waals surface area contributed by atoms with Crippen LogP contribution in [0.3, 0.4) is 0 Å². The SMILES string of the molecule is NC(=O)C1CCC(n2ncc(N/C(N)=N\CC(F)(F)F)n2)C1. The predicted octanol–water partition coefficient (Wildman–Crippen LogP) is 0.393. The topological polar surface area (TPSA) is 124 Å². The lowest BCUT2D eigenvalue weighted by Crippen LogP contribution is -2.26. The molecular formula is C11H16F3N7O. The summed E-state index contributed by atoms with van der Waals surface area (Å²) in [7, 11) is 0. The molecule has 1 aromatic heterocycles. The van der Waals surface area contributed by atoms with E-state index in [2.05, 4.69) is 20.5 Å². The number of guanidine groups is 1. The number of anilines is 1. The first-order valence-corrected chi connectivity index (χ1v) is 6.59. The van der Waals surface area contributed by atoms with Crippen molar-refractivity contribution in [3.8, 4) is 0 Å². The van der Waals surface area contributed by atoms with Gasteiger partial charge in [0.15, 0.2) is 11.8 Å². The lowest BCUT2D eigenvalue weighted by Gasteiger charge is -2.08. The zero-order valence-corrected chi connectivity index (χ0v) is 11.5. The highest BCUT2D eigenvalue weighted by molar-refractivity contribution is 5.91. The first-order chi connectivity index (χ1) is 10.2. The van der Waals surface area contributed by atoms with Crippen LogP contribution in [0.15, 0.2) is 11.2 Å². The van der Waals surface area contributed by atoms with Crippen molar-refractivity contribution >= 4 is 17.7 Å². The zero-order valence-electron chi connectivity index (χ0n) is 11.5. The van der Waals surface area contributed by atoms with Crippen LogP contribution in [0.5, 0.6) is 0 Å². The average molecular weight is 319 g/mol. The van der Waals surface area contributed by atoms with Crippen molar-refractivity contribution in [3.05, 3.63) is 6.20 Å². The summed E-state index contributed by atoms with van der Waals surface area (Å²) < 4.78 is 36.0. The van der Waals surface area contributed by atoms with Crippen LogP contribution in [-0.2, 0) is 4.79 Å². The average Bonchev–Trinajstić information content (AvgIpc) is 3.03. The number of rotatable bonds is 4. The van der Waals surface area contributed by atoms with Gasteiger partial charge in [-0.3, -0.25) is 4.79 Å². The van der Waals surface area contributed by atoms with E-state index in [0.717, 1.165) is 0 Å². The lowest BCUT2D eigenvalue weighted by atomic mass is 10.1. The van der Waals surface area contributed by atoms with E-state index in [1.165, 1.54) is 11.0 Å². The fraction of sp³-hybridized carbons (Fsp3) is 0.636. The van der Waals surface area contributed by atoms with Crippen molar-refractivity contribution in [2.24, 2.45) is 22.4 Å². The minimum Gasteiger partial charge on any atom is -0.370 e. The summed E-state index contributed by atoms with van der Waals surface area (Å²) in [5.41, 5.74) is 10.6. The molecule has 2 unspecified atom stereocenters. The normalized spacial score (nSPS) is 22.8. The van der Waals surface area contributed by atoms with Gasteiger partial charge >= 0.3 is 6.18 Å². The molecule has 1 fully saturated rings. The second-order valence-corrected chi connectivity index (χ2v) is 5.06. The van der Waals surface area contributed by atoms with Crippen LogP contribution in [-0.4, -0.2) is 39.6 Å². The number of halogens is 3. The molecule has 1 saturated carbocycles. The number of carbonyl (C=O) groups is 1. The summed E-state index contributed by atoms with van der Waals surface area (Å²) in [5, 5.41) is 10.5. The number of amides is 1. The van der Waals surface area contributed by atoms with Gasteiger partial charge in [0, 0.05) is 5.92 Å². The van der Waals surface area contributed by atoms with E-state index in [9.17, 15) is 18.0 Å². The molecule has 122 valence electrons. The Balaban J connectivity index is 1.93. The maximum absolute atomic E-state index is 12.0. The van der Waals surface area contributed by atoms with Gasteiger partial charge in [-0.15, -0.1) is 5.10 Å². The van der Waals surface area contributed by atoms with Gasteiger partial charge in [-0.1, -0.05) is 0 Å². The van der Waals surface area contributed by atoms with E-state index < -0.39 is 18.7 Å². The lowest BCUT2D eigenvalue weighted by molar-refractivity contribution is -0.121. The number of nitrogens with zero attached hydrogens (tertiary/aromatic N) is 4. The molecule has 0 aliphatic heterocycles. The molecule has 1 heterocycles. The summed E-state index contributed by atoms with van der Waals surface area (Å²) in [6.45, 7) is -1.37. The van der Waals surface area contributed by atoms with Crippen LogP contribution in [0.2, 0.25) is 0 Å². The monoisotopic (exact) mass is 319 g/mol. The first-order valence-electron chi connectivity index (χ1n) is 6.59. The molecule has 2 rings (SSSR count). The zero-order chi connectivity index (χ0) is 16.3. The number of hydrogen-bond acceptors (Lipinski definition) is 4. The first kappa shape index (κ1) is 16.0.